The van der Waals surface area contributed by atoms with Crippen LogP contribution in [0.15, 0.2) is 18.5 Å². The van der Waals surface area contributed by atoms with Crippen molar-refractivity contribution in [3.05, 3.63) is 24.0 Å². The Labute approximate surface area is 109 Å². The molecule has 0 aliphatic carbocycles. The summed E-state index contributed by atoms with van der Waals surface area (Å²) in [5.74, 6) is 0.253. The molecule has 102 valence electrons. The molecule has 0 radical (unpaired) electrons. The number of hydrogen-bond acceptors (Lipinski definition) is 3. The molecule has 0 aromatic carbocycles. The fraction of sp³-hybridized carbons (Fsp3) is 0.643. The van der Waals surface area contributed by atoms with Gasteiger partial charge in [0.05, 0.1) is 13.2 Å². The van der Waals surface area contributed by atoms with Crippen molar-refractivity contribution in [1.29, 1.82) is 0 Å². The highest BCUT2D eigenvalue weighted by molar-refractivity contribution is 5.97. The summed E-state index contributed by atoms with van der Waals surface area (Å²) in [6.45, 7) is 6.70. The molecular formula is C14H23NO3. The lowest BCUT2D eigenvalue weighted by atomic mass is 10.0. The van der Waals surface area contributed by atoms with Gasteiger partial charge in [-0.3, -0.25) is 4.79 Å². The number of ketones is 1. The highest BCUT2D eigenvalue weighted by Gasteiger charge is 2.11. The van der Waals surface area contributed by atoms with E-state index in [1.807, 2.05) is 36.9 Å². The van der Waals surface area contributed by atoms with Crippen molar-refractivity contribution in [1.82, 2.24) is 4.57 Å². The van der Waals surface area contributed by atoms with Gasteiger partial charge in [0.15, 0.2) is 5.78 Å². The van der Waals surface area contributed by atoms with Gasteiger partial charge in [-0.15, -0.1) is 0 Å². The highest BCUT2D eigenvalue weighted by atomic mass is 16.5. The van der Waals surface area contributed by atoms with Crippen LogP contribution >= 0.6 is 0 Å². The van der Waals surface area contributed by atoms with Gasteiger partial charge in [0.2, 0.25) is 0 Å². The van der Waals surface area contributed by atoms with Gasteiger partial charge < -0.3 is 14.0 Å². The first-order valence-electron chi connectivity index (χ1n) is 6.42. The molecule has 0 bridgehead atoms. The smallest absolute Gasteiger partial charge is 0.166 e. The van der Waals surface area contributed by atoms with Gasteiger partial charge >= 0.3 is 0 Å². The largest absolute Gasteiger partial charge is 0.382 e. The summed E-state index contributed by atoms with van der Waals surface area (Å²) in [5.41, 5.74) is 0.797. The first kappa shape index (κ1) is 14.9. The molecule has 0 aliphatic heterocycles. The van der Waals surface area contributed by atoms with E-state index in [2.05, 4.69) is 0 Å². The van der Waals surface area contributed by atoms with E-state index in [9.17, 15) is 4.79 Å². The van der Waals surface area contributed by atoms with E-state index >= 15 is 0 Å². The minimum atomic E-state index is 0.0539. The number of carbonyl (C=O) groups excluding carboxylic acids is 1. The SMILES string of the molecule is COCCOCCCn1ccc(C(=O)C(C)C)c1. The summed E-state index contributed by atoms with van der Waals surface area (Å²) in [4.78, 5) is 11.8. The van der Waals surface area contributed by atoms with Crippen LogP contribution in [0.2, 0.25) is 0 Å². The first-order chi connectivity index (χ1) is 8.65. The second-order valence-corrected chi connectivity index (χ2v) is 4.62. The molecular weight excluding hydrogens is 230 g/mol. The van der Waals surface area contributed by atoms with Crippen LogP contribution in [0.5, 0.6) is 0 Å². The normalized spacial score (nSPS) is 11.1. The molecule has 0 spiro atoms. The molecule has 4 nitrogen and oxygen atoms in total. The number of hydrogen-bond donors (Lipinski definition) is 0. The van der Waals surface area contributed by atoms with Gasteiger partial charge in [-0.25, -0.2) is 0 Å². The summed E-state index contributed by atoms with van der Waals surface area (Å²) in [7, 11) is 1.66. The number of carbonyl (C=O) groups is 1. The Morgan fingerprint density at radius 1 is 1.33 bits per heavy atom. The van der Waals surface area contributed by atoms with E-state index in [-0.39, 0.29) is 11.7 Å². The highest BCUT2D eigenvalue weighted by Crippen LogP contribution is 2.09. The van der Waals surface area contributed by atoms with Crippen molar-refractivity contribution in [2.45, 2.75) is 26.8 Å². The lowest BCUT2D eigenvalue weighted by Crippen LogP contribution is -2.07. The fourth-order valence-electron chi connectivity index (χ4n) is 1.65. The molecule has 1 heterocycles. The zero-order chi connectivity index (χ0) is 13.4. The monoisotopic (exact) mass is 253 g/mol. The molecule has 18 heavy (non-hydrogen) atoms. The van der Waals surface area contributed by atoms with Crippen LogP contribution in [-0.4, -0.2) is 37.3 Å². The lowest BCUT2D eigenvalue weighted by molar-refractivity contribution is 0.0680. The van der Waals surface area contributed by atoms with Gasteiger partial charge in [0, 0.05) is 44.1 Å². The summed E-state index contributed by atoms with van der Waals surface area (Å²) < 4.78 is 12.3. The van der Waals surface area contributed by atoms with E-state index in [0.29, 0.717) is 13.2 Å². The average Bonchev–Trinajstić information content (AvgIpc) is 2.81. The Hall–Kier alpha value is -1.13. The van der Waals surface area contributed by atoms with Gasteiger partial charge in [-0.1, -0.05) is 13.8 Å². The topological polar surface area (TPSA) is 40.5 Å². The molecule has 0 saturated carbocycles. The third-order valence-electron chi connectivity index (χ3n) is 2.70. The summed E-state index contributed by atoms with van der Waals surface area (Å²) in [6.07, 6.45) is 4.80. The van der Waals surface area contributed by atoms with Crippen LogP contribution in [-0.2, 0) is 16.0 Å². The van der Waals surface area contributed by atoms with Gasteiger partial charge in [-0.2, -0.15) is 0 Å². The van der Waals surface area contributed by atoms with Crippen molar-refractivity contribution >= 4 is 5.78 Å². The second kappa shape index (κ2) is 8.06. The van der Waals surface area contributed by atoms with E-state index in [0.717, 1.165) is 25.1 Å². The minimum Gasteiger partial charge on any atom is -0.382 e. The van der Waals surface area contributed by atoms with Crippen molar-refractivity contribution in [3.63, 3.8) is 0 Å². The maximum atomic E-state index is 11.8. The van der Waals surface area contributed by atoms with Crippen molar-refractivity contribution in [2.24, 2.45) is 5.92 Å². The number of methoxy groups -OCH3 is 1. The van der Waals surface area contributed by atoms with E-state index in [4.69, 9.17) is 9.47 Å². The molecule has 1 aromatic rings. The van der Waals surface area contributed by atoms with Crippen LogP contribution in [0.1, 0.15) is 30.6 Å². The molecule has 1 aromatic heterocycles. The molecule has 0 N–H and O–H groups in total. The maximum Gasteiger partial charge on any atom is 0.166 e. The molecule has 0 unspecified atom stereocenters. The molecule has 4 heteroatoms. The standard InChI is InChI=1S/C14H23NO3/c1-12(2)14(16)13-5-7-15(11-13)6-4-8-18-10-9-17-3/h5,7,11-12H,4,6,8-10H2,1-3H3. The van der Waals surface area contributed by atoms with Crippen LogP contribution < -0.4 is 0 Å². The Bertz CT molecular complexity index is 358. The Kier molecular flexibility index (Phi) is 6.68. The molecule has 0 atom stereocenters. The van der Waals surface area contributed by atoms with Crippen LogP contribution in [0.4, 0.5) is 0 Å². The third-order valence-corrected chi connectivity index (χ3v) is 2.70. The Morgan fingerprint density at radius 3 is 2.78 bits per heavy atom. The maximum absolute atomic E-state index is 11.8. The number of nitrogens with zero attached hydrogens (tertiary/aromatic N) is 1. The quantitative estimate of drug-likeness (QED) is 0.501. The number of Topliss-reactive ketones (excluding diaryl/α,β-unsaturated/α-hetero) is 1. The predicted octanol–water partition coefficient (Wildman–Crippen LogP) is 2.38. The van der Waals surface area contributed by atoms with E-state index in [1.165, 1.54) is 0 Å². The average molecular weight is 253 g/mol. The first-order valence-corrected chi connectivity index (χ1v) is 6.42. The van der Waals surface area contributed by atoms with Crippen LogP contribution in [0, 0.1) is 5.92 Å². The zero-order valence-electron chi connectivity index (χ0n) is 11.5. The summed E-state index contributed by atoms with van der Waals surface area (Å²) >= 11 is 0. The van der Waals surface area contributed by atoms with Crippen molar-refractivity contribution in [2.75, 3.05) is 26.9 Å². The van der Waals surface area contributed by atoms with Crippen LogP contribution in [0.3, 0.4) is 0 Å². The molecule has 1 rings (SSSR count). The predicted molar refractivity (Wildman–Crippen MR) is 70.9 cm³/mol. The number of aromatic nitrogens is 1. The lowest BCUT2D eigenvalue weighted by Gasteiger charge is -2.05. The number of aryl methyl sites for hydroxylation is 1. The molecule has 0 aliphatic rings. The second-order valence-electron chi connectivity index (χ2n) is 4.62. The number of ether oxygens (including phenoxy) is 2. The third kappa shape index (κ3) is 5.02. The summed E-state index contributed by atoms with van der Waals surface area (Å²) in [5, 5.41) is 0. The molecule has 0 amide bonds. The number of rotatable bonds is 9. The molecule has 0 fully saturated rings. The van der Waals surface area contributed by atoms with Gasteiger partial charge in [0.1, 0.15) is 0 Å². The summed E-state index contributed by atoms with van der Waals surface area (Å²) in [6, 6.07) is 1.88. The fourth-order valence-corrected chi connectivity index (χ4v) is 1.65. The zero-order valence-corrected chi connectivity index (χ0v) is 11.5. The van der Waals surface area contributed by atoms with Gasteiger partial charge in [0.25, 0.3) is 0 Å². The Morgan fingerprint density at radius 2 is 2.11 bits per heavy atom. The molecule has 0 saturated heterocycles. The van der Waals surface area contributed by atoms with Crippen molar-refractivity contribution < 1.29 is 14.3 Å². The van der Waals surface area contributed by atoms with Crippen molar-refractivity contribution in [3.8, 4) is 0 Å². The van der Waals surface area contributed by atoms with Gasteiger partial charge in [-0.05, 0) is 12.5 Å². The van der Waals surface area contributed by atoms with Crippen LogP contribution in [0.25, 0.3) is 0 Å². The minimum absolute atomic E-state index is 0.0539. The van der Waals surface area contributed by atoms with E-state index < -0.39 is 0 Å². The Balaban J connectivity index is 2.25. The van der Waals surface area contributed by atoms with E-state index in [1.54, 1.807) is 7.11 Å².